The van der Waals surface area contributed by atoms with Gasteiger partial charge in [-0.15, -0.1) is 0 Å². The second-order valence-corrected chi connectivity index (χ2v) is 10.4. The third-order valence-electron chi connectivity index (χ3n) is 5.20. The van der Waals surface area contributed by atoms with Crippen molar-refractivity contribution in [2.45, 2.75) is 36.5 Å². The molecule has 4 heterocycles. The molecular weight excluding hydrogens is 464 g/mol. The van der Waals surface area contributed by atoms with E-state index in [2.05, 4.69) is 15.3 Å². The summed E-state index contributed by atoms with van der Waals surface area (Å²) in [5, 5.41) is 16.6. The van der Waals surface area contributed by atoms with Gasteiger partial charge in [-0.3, -0.25) is 28.2 Å². The summed E-state index contributed by atoms with van der Waals surface area (Å²) in [5.41, 5.74) is 1.31. The molecule has 1 unspecified atom stereocenters. The van der Waals surface area contributed by atoms with Gasteiger partial charge in [-0.05, 0) is 30.0 Å². The van der Waals surface area contributed by atoms with Gasteiger partial charge in [-0.2, -0.15) is 21.9 Å². The summed E-state index contributed by atoms with van der Waals surface area (Å²) in [6.45, 7) is 1.89. The van der Waals surface area contributed by atoms with Gasteiger partial charge in [0.1, 0.15) is 16.5 Å². The second-order valence-electron chi connectivity index (χ2n) is 7.56. The first-order valence-electron chi connectivity index (χ1n) is 10.3. The van der Waals surface area contributed by atoms with Gasteiger partial charge >= 0.3 is 0 Å². The maximum Gasteiger partial charge on any atom is 0.253 e. The maximum absolute atomic E-state index is 13.5. The van der Waals surface area contributed by atoms with Crippen molar-refractivity contribution in [1.82, 2.24) is 19.9 Å². The van der Waals surface area contributed by atoms with Gasteiger partial charge in [0.25, 0.3) is 11.8 Å². The van der Waals surface area contributed by atoms with Crippen LogP contribution >= 0.6 is 21.9 Å². The average molecular weight is 489 g/mol. The van der Waals surface area contributed by atoms with Crippen molar-refractivity contribution in [2.24, 2.45) is 0 Å². The third kappa shape index (κ3) is 4.67. The number of aromatic hydroxyl groups is 1. The van der Waals surface area contributed by atoms with E-state index in [4.69, 9.17) is 0 Å². The molecule has 0 saturated carbocycles. The third-order valence-corrected chi connectivity index (χ3v) is 7.59. The van der Waals surface area contributed by atoms with Crippen molar-refractivity contribution in [3.8, 4) is 5.75 Å². The van der Waals surface area contributed by atoms with Crippen molar-refractivity contribution in [2.75, 3.05) is 0 Å². The predicted molar refractivity (Wildman–Crippen MR) is 128 cm³/mol. The minimum atomic E-state index is -3.40. The maximum atomic E-state index is 13.5. The van der Waals surface area contributed by atoms with E-state index in [9.17, 15) is 23.8 Å². The number of aromatic amines is 1. The molecule has 9 nitrogen and oxygen atoms in total. The number of fused-ring (bicyclic) bond motifs is 1. The SMILES string of the molecule is CCCC(NC(=O)c1ccsc1)C(=O)n1cc(S(O)(O)Cc2ccccn2)c2[nH]cc(O)c21. The lowest BCUT2D eigenvalue weighted by molar-refractivity contribution is 0.0801. The van der Waals surface area contributed by atoms with Crippen LogP contribution in [0.1, 0.15) is 40.6 Å². The highest BCUT2D eigenvalue weighted by molar-refractivity contribution is 8.23. The number of thiophene rings is 1. The van der Waals surface area contributed by atoms with Crippen LogP contribution < -0.4 is 5.32 Å². The fourth-order valence-electron chi connectivity index (χ4n) is 3.62. The van der Waals surface area contributed by atoms with E-state index >= 15 is 0 Å². The van der Waals surface area contributed by atoms with E-state index in [0.29, 0.717) is 24.1 Å². The number of pyridine rings is 1. The number of hydrogen-bond acceptors (Lipinski definition) is 7. The van der Waals surface area contributed by atoms with Crippen LogP contribution in [0.5, 0.6) is 5.75 Å². The lowest BCUT2D eigenvalue weighted by atomic mass is 10.1. The van der Waals surface area contributed by atoms with Crippen molar-refractivity contribution in [3.63, 3.8) is 0 Å². The fraction of sp³-hybridized carbons (Fsp3) is 0.227. The van der Waals surface area contributed by atoms with E-state index in [1.165, 1.54) is 28.3 Å². The van der Waals surface area contributed by atoms with E-state index < -0.39 is 22.5 Å². The first kappa shape index (κ1) is 23.1. The van der Waals surface area contributed by atoms with Gasteiger partial charge in [0, 0.05) is 24.0 Å². The summed E-state index contributed by atoms with van der Waals surface area (Å²) in [4.78, 5) is 33.1. The molecule has 0 aliphatic rings. The molecule has 4 aromatic heterocycles. The van der Waals surface area contributed by atoms with Gasteiger partial charge in [0.2, 0.25) is 0 Å². The van der Waals surface area contributed by atoms with Gasteiger partial charge in [0.15, 0.2) is 5.75 Å². The molecule has 0 aromatic carbocycles. The lowest BCUT2D eigenvalue weighted by Crippen LogP contribution is -2.42. The first-order chi connectivity index (χ1) is 15.8. The zero-order valence-corrected chi connectivity index (χ0v) is 19.4. The summed E-state index contributed by atoms with van der Waals surface area (Å²) >= 11 is 1.38. The Labute approximate surface area is 195 Å². The Morgan fingerprint density at radius 3 is 2.79 bits per heavy atom. The van der Waals surface area contributed by atoms with Gasteiger partial charge in [0.05, 0.1) is 22.5 Å². The molecule has 4 aromatic rings. The zero-order valence-electron chi connectivity index (χ0n) is 17.8. The van der Waals surface area contributed by atoms with Crippen LogP contribution in [0, 0.1) is 0 Å². The normalized spacial score (nSPS) is 13.2. The number of carbonyl (C=O) groups is 2. The molecule has 0 aliphatic heterocycles. The highest BCUT2D eigenvalue weighted by Gasteiger charge is 2.30. The Kier molecular flexibility index (Phi) is 6.56. The largest absolute Gasteiger partial charge is 0.504 e. The van der Waals surface area contributed by atoms with Gasteiger partial charge < -0.3 is 15.4 Å². The number of H-pyrrole nitrogens is 1. The molecular formula is C22H24N4O5S2. The van der Waals surface area contributed by atoms with Crippen molar-refractivity contribution >= 4 is 44.8 Å². The average Bonchev–Trinajstić information content (AvgIpc) is 3.52. The predicted octanol–water partition coefficient (Wildman–Crippen LogP) is 4.68. The Balaban J connectivity index is 1.70. The molecule has 0 bridgehead atoms. The molecule has 0 fully saturated rings. The Bertz CT molecular complexity index is 1260. The standard InChI is InChI=1S/C22H24N4O5S2/c1-2-5-16(25-21(28)14-7-9-32-12-14)22(29)26-11-18(19-20(26)17(27)10-24-19)33(30,31)13-15-6-3-4-8-23-15/h3-4,6-12,16,24,27,30-31H,2,5,13H2,1H3,(H,25,28). The minimum Gasteiger partial charge on any atom is -0.504 e. The quantitative estimate of drug-likeness (QED) is 0.244. The van der Waals surface area contributed by atoms with Crippen LogP contribution in [0.2, 0.25) is 0 Å². The van der Waals surface area contributed by atoms with E-state index in [-0.39, 0.29) is 33.3 Å². The number of amides is 1. The Morgan fingerprint density at radius 2 is 2.12 bits per heavy atom. The summed E-state index contributed by atoms with van der Waals surface area (Å²) in [6, 6.07) is 5.96. The zero-order chi connectivity index (χ0) is 23.6. The number of nitrogens with one attached hydrogen (secondary N) is 2. The molecule has 0 saturated heterocycles. The highest BCUT2D eigenvalue weighted by atomic mass is 32.3. The summed E-state index contributed by atoms with van der Waals surface area (Å²) < 4.78 is 23.1. The van der Waals surface area contributed by atoms with Crippen LogP contribution in [0.4, 0.5) is 0 Å². The number of nitrogens with zero attached hydrogens (tertiary/aromatic N) is 2. The smallest absolute Gasteiger partial charge is 0.253 e. The highest BCUT2D eigenvalue weighted by Crippen LogP contribution is 2.54. The molecule has 0 radical (unpaired) electrons. The molecule has 4 rings (SSSR count). The number of carbonyl (C=O) groups excluding carboxylic acids is 2. The number of rotatable bonds is 8. The van der Waals surface area contributed by atoms with Gasteiger partial charge in [-0.1, -0.05) is 19.4 Å². The molecule has 174 valence electrons. The summed E-state index contributed by atoms with van der Waals surface area (Å²) in [7, 11) is -3.40. The monoisotopic (exact) mass is 488 g/mol. The molecule has 1 amide bonds. The lowest BCUT2D eigenvalue weighted by Gasteiger charge is -2.30. The van der Waals surface area contributed by atoms with Crippen LogP contribution in [0.25, 0.3) is 11.0 Å². The van der Waals surface area contributed by atoms with Crippen LogP contribution in [0.3, 0.4) is 0 Å². The minimum absolute atomic E-state index is 0.0937. The molecule has 33 heavy (non-hydrogen) atoms. The first-order valence-corrected chi connectivity index (χ1v) is 12.9. The Morgan fingerprint density at radius 1 is 1.30 bits per heavy atom. The van der Waals surface area contributed by atoms with Gasteiger partial charge in [-0.25, -0.2) is 0 Å². The molecule has 5 N–H and O–H groups in total. The van der Waals surface area contributed by atoms with Crippen LogP contribution in [-0.4, -0.2) is 46.6 Å². The molecule has 0 spiro atoms. The summed E-state index contributed by atoms with van der Waals surface area (Å²) in [5.74, 6) is -1.21. The molecule has 11 heteroatoms. The van der Waals surface area contributed by atoms with E-state index in [0.717, 1.165) is 0 Å². The molecule has 0 aliphatic carbocycles. The fourth-order valence-corrected chi connectivity index (χ4v) is 5.75. The van der Waals surface area contributed by atoms with E-state index in [1.807, 2.05) is 6.92 Å². The summed E-state index contributed by atoms with van der Waals surface area (Å²) in [6.07, 6.45) is 5.17. The van der Waals surface area contributed by atoms with Crippen LogP contribution in [0.15, 0.2) is 58.5 Å². The van der Waals surface area contributed by atoms with Crippen molar-refractivity contribution in [1.29, 1.82) is 0 Å². The number of aromatic nitrogens is 3. The number of hydrogen-bond donors (Lipinski definition) is 5. The second kappa shape index (κ2) is 9.40. The van der Waals surface area contributed by atoms with Crippen molar-refractivity contribution in [3.05, 3.63) is 64.9 Å². The van der Waals surface area contributed by atoms with Crippen molar-refractivity contribution < 1.29 is 23.8 Å². The van der Waals surface area contributed by atoms with E-state index in [1.54, 1.807) is 41.2 Å². The topological polar surface area (TPSA) is 140 Å². The Hall–Kier alpha value is -3.12. The van der Waals surface area contributed by atoms with Crippen LogP contribution in [-0.2, 0) is 5.75 Å². The molecule has 1 atom stereocenters.